The largest absolute Gasteiger partial charge is 0.478 e. The maximum Gasteiger partial charge on any atom is 0.339 e. The van der Waals surface area contributed by atoms with E-state index in [1.807, 2.05) is 0 Å². The minimum absolute atomic E-state index is 0.0779. The molecule has 2 rings (SSSR count). The Hall–Kier alpha value is -2.34. The number of carboxylic acids is 1. The molecule has 0 spiro atoms. The molecule has 98 valence electrons. The van der Waals surface area contributed by atoms with Crippen molar-refractivity contribution in [2.24, 2.45) is 0 Å². The van der Waals surface area contributed by atoms with Gasteiger partial charge in [0.1, 0.15) is 17.7 Å². The van der Waals surface area contributed by atoms with E-state index in [1.165, 1.54) is 24.7 Å². The van der Waals surface area contributed by atoms with Gasteiger partial charge in [0.25, 0.3) is 0 Å². The Bertz CT molecular complexity index is 572. The summed E-state index contributed by atoms with van der Waals surface area (Å²) in [5.41, 5.74) is 1.41. The fourth-order valence-corrected chi connectivity index (χ4v) is 1.60. The van der Waals surface area contributed by atoms with E-state index >= 15 is 0 Å². The monoisotopic (exact) mass is 261 g/mol. The van der Waals surface area contributed by atoms with Crippen LogP contribution in [0.3, 0.4) is 0 Å². The lowest BCUT2D eigenvalue weighted by molar-refractivity contribution is 0.0694. The first-order valence-electron chi connectivity index (χ1n) is 5.64. The van der Waals surface area contributed by atoms with E-state index < -0.39 is 5.97 Å². The Labute approximate surface area is 109 Å². The van der Waals surface area contributed by atoms with Gasteiger partial charge >= 0.3 is 5.97 Å². The summed E-state index contributed by atoms with van der Waals surface area (Å²) in [6.07, 6.45) is 2.57. The van der Waals surface area contributed by atoms with Gasteiger partial charge in [0.15, 0.2) is 0 Å². The number of nitrogens with one attached hydrogen (secondary N) is 1. The van der Waals surface area contributed by atoms with Crippen molar-refractivity contribution >= 4 is 5.97 Å². The molecule has 5 nitrogen and oxygen atoms in total. The van der Waals surface area contributed by atoms with E-state index in [0.717, 1.165) is 5.56 Å². The summed E-state index contributed by atoms with van der Waals surface area (Å²) < 4.78 is 12.7. The molecule has 1 aromatic heterocycles. The summed E-state index contributed by atoms with van der Waals surface area (Å²) >= 11 is 0. The van der Waals surface area contributed by atoms with Crippen molar-refractivity contribution in [1.82, 2.24) is 15.3 Å². The van der Waals surface area contributed by atoms with E-state index in [2.05, 4.69) is 15.3 Å². The molecule has 19 heavy (non-hydrogen) atoms. The van der Waals surface area contributed by atoms with Crippen LogP contribution in [0.25, 0.3) is 0 Å². The fourth-order valence-electron chi connectivity index (χ4n) is 1.60. The van der Waals surface area contributed by atoms with Crippen LogP contribution in [0.5, 0.6) is 0 Å². The molecular weight excluding hydrogens is 249 g/mol. The number of benzene rings is 1. The Morgan fingerprint density at radius 2 is 2.00 bits per heavy atom. The Morgan fingerprint density at radius 1 is 1.26 bits per heavy atom. The van der Waals surface area contributed by atoms with Gasteiger partial charge in [-0.1, -0.05) is 12.1 Å². The second kappa shape index (κ2) is 6.01. The van der Waals surface area contributed by atoms with Gasteiger partial charge in [-0.3, -0.25) is 0 Å². The molecule has 0 aliphatic rings. The SMILES string of the molecule is O=C(O)c1cncnc1CNCc1ccc(F)cc1. The van der Waals surface area contributed by atoms with E-state index in [4.69, 9.17) is 5.11 Å². The molecule has 0 radical (unpaired) electrons. The number of halogens is 1. The van der Waals surface area contributed by atoms with Crippen molar-refractivity contribution in [3.05, 3.63) is 59.4 Å². The number of aromatic carboxylic acids is 1. The molecule has 0 saturated heterocycles. The number of carbonyl (C=O) groups is 1. The van der Waals surface area contributed by atoms with Crippen molar-refractivity contribution in [3.8, 4) is 0 Å². The summed E-state index contributed by atoms with van der Waals surface area (Å²) in [6, 6.07) is 6.09. The van der Waals surface area contributed by atoms with Crippen molar-refractivity contribution in [1.29, 1.82) is 0 Å². The summed E-state index contributed by atoms with van der Waals surface area (Å²) in [4.78, 5) is 18.6. The highest BCUT2D eigenvalue weighted by Crippen LogP contribution is 2.05. The molecule has 0 fully saturated rings. The van der Waals surface area contributed by atoms with Crippen LogP contribution in [-0.2, 0) is 13.1 Å². The van der Waals surface area contributed by atoms with Crippen molar-refractivity contribution in [2.45, 2.75) is 13.1 Å². The zero-order valence-corrected chi connectivity index (χ0v) is 10.0. The third kappa shape index (κ3) is 3.56. The van der Waals surface area contributed by atoms with E-state index in [-0.39, 0.29) is 11.4 Å². The van der Waals surface area contributed by atoms with Crippen LogP contribution in [0.15, 0.2) is 36.8 Å². The molecule has 0 amide bonds. The van der Waals surface area contributed by atoms with Crippen molar-refractivity contribution < 1.29 is 14.3 Å². The Kier molecular flexibility index (Phi) is 4.15. The average Bonchev–Trinajstić information content (AvgIpc) is 2.41. The van der Waals surface area contributed by atoms with E-state index in [9.17, 15) is 9.18 Å². The van der Waals surface area contributed by atoms with Gasteiger partial charge in [0.2, 0.25) is 0 Å². The third-order valence-corrected chi connectivity index (χ3v) is 2.56. The molecule has 0 bridgehead atoms. The summed E-state index contributed by atoms with van der Waals surface area (Å²) in [7, 11) is 0. The normalized spacial score (nSPS) is 10.4. The van der Waals surface area contributed by atoms with Gasteiger partial charge in [0.05, 0.1) is 5.69 Å². The van der Waals surface area contributed by atoms with Gasteiger partial charge in [-0.15, -0.1) is 0 Å². The molecule has 0 unspecified atom stereocenters. The summed E-state index contributed by atoms with van der Waals surface area (Å²) in [5.74, 6) is -1.34. The highest BCUT2D eigenvalue weighted by molar-refractivity contribution is 5.88. The van der Waals surface area contributed by atoms with Crippen LogP contribution in [0.1, 0.15) is 21.6 Å². The Morgan fingerprint density at radius 3 is 2.68 bits per heavy atom. The molecule has 6 heteroatoms. The molecule has 0 saturated carbocycles. The first kappa shape index (κ1) is 13.1. The topological polar surface area (TPSA) is 75.1 Å². The predicted octanol–water partition coefficient (Wildman–Crippen LogP) is 1.60. The van der Waals surface area contributed by atoms with Gasteiger partial charge in [0, 0.05) is 19.3 Å². The number of aromatic nitrogens is 2. The minimum atomic E-state index is -1.06. The second-order valence-corrected chi connectivity index (χ2v) is 3.92. The lowest BCUT2D eigenvalue weighted by atomic mass is 10.2. The molecule has 2 N–H and O–H groups in total. The first-order chi connectivity index (χ1) is 9.16. The smallest absolute Gasteiger partial charge is 0.339 e. The molecule has 0 aliphatic carbocycles. The number of rotatable bonds is 5. The predicted molar refractivity (Wildman–Crippen MR) is 65.9 cm³/mol. The molecular formula is C13H12FN3O2. The number of hydrogen-bond acceptors (Lipinski definition) is 4. The van der Waals surface area contributed by atoms with Crippen LogP contribution in [0.4, 0.5) is 4.39 Å². The number of carboxylic acid groups (broad SMARTS) is 1. The fraction of sp³-hybridized carbons (Fsp3) is 0.154. The average molecular weight is 261 g/mol. The highest BCUT2D eigenvalue weighted by Gasteiger charge is 2.10. The molecule has 1 aromatic carbocycles. The van der Waals surface area contributed by atoms with Crippen LogP contribution in [-0.4, -0.2) is 21.0 Å². The van der Waals surface area contributed by atoms with Crippen LogP contribution in [0, 0.1) is 5.82 Å². The van der Waals surface area contributed by atoms with E-state index in [0.29, 0.717) is 18.8 Å². The Balaban J connectivity index is 1.96. The highest BCUT2D eigenvalue weighted by atomic mass is 19.1. The maximum atomic E-state index is 12.7. The van der Waals surface area contributed by atoms with Crippen LogP contribution >= 0.6 is 0 Å². The van der Waals surface area contributed by atoms with E-state index in [1.54, 1.807) is 12.1 Å². The zero-order valence-electron chi connectivity index (χ0n) is 10.0. The van der Waals surface area contributed by atoms with Crippen LogP contribution < -0.4 is 5.32 Å². The third-order valence-electron chi connectivity index (χ3n) is 2.56. The summed E-state index contributed by atoms with van der Waals surface area (Å²) in [6.45, 7) is 0.810. The summed E-state index contributed by atoms with van der Waals surface area (Å²) in [5, 5.41) is 12.0. The first-order valence-corrected chi connectivity index (χ1v) is 5.64. The van der Waals surface area contributed by atoms with Crippen LogP contribution in [0.2, 0.25) is 0 Å². The lowest BCUT2D eigenvalue weighted by Gasteiger charge is -2.06. The molecule has 0 atom stereocenters. The number of hydrogen-bond donors (Lipinski definition) is 2. The second-order valence-electron chi connectivity index (χ2n) is 3.92. The standard InChI is InChI=1S/C13H12FN3O2/c14-10-3-1-9(2-4-10)5-15-7-12-11(13(18)19)6-16-8-17-12/h1-4,6,8,15H,5,7H2,(H,18,19). The molecule has 0 aliphatic heterocycles. The van der Waals surface area contributed by atoms with Gasteiger partial charge in [-0.2, -0.15) is 0 Å². The van der Waals surface area contributed by atoms with Gasteiger partial charge < -0.3 is 10.4 Å². The maximum absolute atomic E-state index is 12.7. The zero-order chi connectivity index (χ0) is 13.7. The quantitative estimate of drug-likeness (QED) is 0.855. The van der Waals surface area contributed by atoms with Crippen molar-refractivity contribution in [2.75, 3.05) is 0 Å². The molecule has 1 heterocycles. The minimum Gasteiger partial charge on any atom is -0.478 e. The van der Waals surface area contributed by atoms with Crippen molar-refractivity contribution in [3.63, 3.8) is 0 Å². The van der Waals surface area contributed by atoms with Gasteiger partial charge in [-0.25, -0.2) is 19.2 Å². The lowest BCUT2D eigenvalue weighted by Crippen LogP contribution is -2.17. The van der Waals surface area contributed by atoms with Gasteiger partial charge in [-0.05, 0) is 17.7 Å². The molecule has 2 aromatic rings. The number of nitrogens with zero attached hydrogens (tertiary/aromatic N) is 2.